The third-order valence-corrected chi connectivity index (χ3v) is 2.99. The molecule has 1 unspecified atom stereocenters. The summed E-state index contributed by atoms with van der Waals surface area (Å²) in [5.41, 5.74) is 1.40. The second kappa shape index (κ2) is 5.73. The minimum Gasteiger partial charge on any atom is -0.487 e. The smallest absolute Gasteiger partial charge is 0.305 e. The summed E-state index contributed by atoms with van der Waals surface area (Å²) in [6, 6.07) is 5.27. The van der Waals surface area contributed by atoms with Crippen LogP contribution >= 0.6 is 0 Å². The zero-order valence-electron chi connectivity index (χ0n) is 11.1. The molecule has 0 fully saturated rings. The van der Waals surface area contributed by atoms with E-state index in [2.05, 4.69) is 10.1 Å². The van der Waals surface area contributed by atoms with E-state index in [1.807, 2.05) is 6.92 Å². The fourth-order valence-electron chi connectivity index (χ4n) is 1.92. The highest BCUT2D eigenvalue weighted by atomic mass is 16.5. The molecule has 0 aromatic heterocycles. The quantitative estimate of drug-likeness (QED) is 0.665. The van der Waals surface area contributed by atoms with Gasteiger partial charge >= 0.3 is 5.97 Å². The molecule has 5 heteroatoms. The van der Waals surface area contributed by atoms with Crippen molar-refractivity contribution >= 4 is 17.4 Å². The van der Waals surface area contributed by atoms with E-state index < -0.39 is 0 Å². The number of ether oxygens (including phenoxy) is 2. The molecule has 1 heterocycles. The maximum atomic E-state index is 11.9. The molecule has 102 valence electrons. The van der Waals surface area contributed by atoms with E-state index >= 15 is 0 Å². The maximum Gasteiger partial charge on any atom is 0.305 e. The Kier molecular flexibility index (Phi) is 4.04. The number of carbonyl (C=O) groups is 2. The molecule has 0 aliphatic carbocycles. The van der Waals surface area contributed by atoms with Crippen molar-refractivity contribution in [3.63, 3.8) is 0 Å². The van der Waals surface area contributed by atoms with Gasteiger partial charge in [0.1, 0.15) is 11.9 Å². The monoisotopic (exact) mass is 263 g/mol. The van der Waals surface area contributed by atoms with Crippen LogP contribution in [0.4, 0.5) is 5.69 Å². The summed E-state index contributed by atoms with van der Waals surface area (Å²) < 4.78 is 10.1. The first-order valence-corrected chi connectivity index (χ1v) is 6.24. The highest BCUT2D eigenvalue weighted by molar-refractivity contribution is 5.98. The number of anilines is 1. The van der Waals surface area contributed by atoms with Gasteiger partial charge < -0.3 is 14.8 Å². The van der Waals surface area contributed by atoms with Gasteiger partial charge in [0.25, 0.3) is 0 Å². The van der Waals surface area contributed by atoms with Gasteiger partial charge in [-0.15, -0.1) is 0 Å². The molecule has 5 nitrogen and oxygen atoms in total. The Bertz CT molecular complexity index is 498. The molecule has 1 aliphatic heterocycles. The van der Waals surface area contributed by atoms with Gasteiger partial charge in [0, 0.05) is 12.0 Å². The Labute approximate surface area is 111 Å². The maximum absolute atomic E-state index is 11.9. The fourth-order valence-corrected chi connectivity index (χ4v) is 1.92. The average molecular weight is 263 g/mol. The molecule has 1 N–H and O–H groups in total. The van der Waals surface area contributed by atoms with Gasteiger partial charge in [-0.2, -0.15) is 0 Å². The van der Waals surface area contributed by atoms with Crippen LogP contribution in [0, 0.1) is 0 Å². The van der Waals surface area contributed by atoms with Crippen LogP contribution in [0.2, 0.25) is 0 Å². The summed E-state index contributed by atoms with van der Waals surface area (Å²) in [5.74, 6) is 0.304. The molecule has 1 aliphatic rings. The van der Waals surface area contributed by atoms with Crippen LogP contribution in [0.5, 0.6) is 5.75 Å². The minimum absolute atomic E-state index is 0.0754. The van der Waals surface area contributed by atoms with Gasteiger partial charge in [-0.05, 0) is 25.1 Å². The highest BCUT2D eigenvalue weighted by Crippen LogP contribution is 2.30. The molecule has 0 amide bonds. The van der Waals surface area contributed by atoms with E-state index in [4.69, 9.17) is 4.74 Å². The molecular formula is C14H17NO4. The number of methoxy groups -OCH3 is 1. The molecule has 0 radical (unpaired) electrons. The van der Waals surface area contributed by atoms with Gasteiger partial charge in [0.15, 0.2) is 5.78 Å². The molecule has 0 bridgehead atoms. The number of nitrogens with one attached hydrogen (secondary N) is 1. The Morgan fingerprint density at radius 2 is 2.21 bits per heavy atom. The zero-order chi connectivity index (χ0) is 13.8. The molecule has 2 rings (SSSR count). The second-order valence-electron chi connectivity index (χ2n) is 4.52. The van der Waals surface area contributed by atoms with Crippen molar-refractivity contribution in [3.05, 3.63) is 23.8 Å². The fraction of sp³-hybridized carbons (Fsp3) is 0.429. The van der Waals surface area contributed by atoms with E-state index in [-0.39, 0.29) is 30.7 Å². The van der Waals surface area contributed by atoms with Crippen LogP contribution in [0.3, 0.4) is 0 Å². The van der Waals surface area contributed by atoms with E-state index in [9.17, 15) is 9.59 Å². The number of esters is 1. The highest BCUT2D eigenvalue weighted by Gasteiger charge is 2.17. The number of rotatable bonds is 4. The topological polar surface area (TPSA) is 64.6 Å². The summed E-state index contributed by atoms with van der Waals surface area (Å²) in [6.07, 6.45) is 0.379. The lowest BCUT2D eigenvalue weighted by Crippen LogP contribution is -2.27. The van der Waals surface area contributed by atoms with Gasteiger partial charge in [0.2, 0.25) is 0 Å². The van der Waals surface area contributed by atoms with Crippen LogP contribution in [0.25, 0.3) is 0 Å². The van der Waals surface area contributed by atoms with E-state index in [1.165, 1.54) is 7.11 Å². The predicted octanol–water partition coefficient (Wildman–Crippen LogP) is 2.02. The van der Waals surface area contributed by atoms with Gasteiger partial charge in [0.05, 0.1) is 25.8 Å². The van der Waals surface area contributed by atoms with Crippen molar-refractivity contribution in [1.82, 2.24) is 0 Å². The number of hydrogen-bond donors (Lipinski definition) is 1. The first kappa shape index (κ1) is 13.4. The normalized spacial score (nSPS) is 16.8. The van der Waals surface area contributed by atoms with Gasteiger partial charge in [-0.25, -0.2) is 0 Å². The molecule has 0 saturated carbocycles. The van der Waals surface area contributed by atoms with Crippen molar-refractivity contribution < 1.29 is 19.1 Å². The average Bonchev–Trinajstić information content (AvgIpc) is 2.43. The third-order valence-electron chi connectivity index (χ3n) is 2.99. The lowest BCUT2D eigenvalue weighted by Gasteiger charge is -2.25. The third kappa shape index (κ3) is 3.24. The molecule has 1 aromatic rings. The summed E-state index contributed by atoms with van der Waals surface area (Å²) in [4.78, 5) is 22.9. The first-order valence-electron chi connectivity index (χ1n) is 6.24. The van der Waals surface area contributed by atoms with E-state index in [1.54, 1.807) is 18.2 Å². The van der Waals surface area contributed by atoms with Crippen molar-refractivity contribution in [1.29, 1.82) is 0 Å². The standard InChI is InChI=1S/C14H17NO4/c1-9-8-15-11-7-10(3-5-13(11)19-9)12(16)4-6-14(17)18-2/h3,5,7,9,15H,4,6,8H2,1-2H3. The minimum atomic E-state index is -0.374. The predicted molar refractivity (Wildman–Crippen MR) is 70.6 cm³/mol. The number of benzene rings is 1. The van der Waals surface area contributed by atoms with Crippen LogP contribution in [-0.2, 0) is 9.53 Å². The lowest BCUT2D eigenvalue weighted by molar-refractivity contribution is -0.140. The molecule has 1 aromatic carbocycles. The number of carbonyl (C=O) groups excluding carboxylic acids is 2. The Hall–Kier alpha value is -2.04. The summed E-state index contributed by atoms with van der Waals surface area (Å²) in [6.45, 7) is 2.69. The molecule has 1 atom stereocenters. The van der Waals surface area contributed by atoms with Crippen molar-refractivity contribution in [2.45, 2.75) is 25.9 Å². The van der Waals surface area contributed by atoms with Gasteiger partial charge in [-0.1, -0.05) is 0 Å². The summed E-state index contributed by atoms with van der Waals surface area (Å²) in [5, 5.41) is 3.21. The number of hydrogen-bond acceptors (Lipinski definition) is 5. The first-order chi connectivity index (χ1) is 9.10. The van der Waals surface area contributed by atoms with Crippen LogP contribution < -0.4 is 10.1 Å². The van der Waals surface area contributed by atoms with Crippen LogP contribution in [-0.4, -0.2) is 31.5 Å². The Morgan fingerprint density at radius 1 is 1.42 bits per heavy atom. The van der Waals surface area contributed by atoms with Crippen molar-refractivity contribution in [3.8, 4) is 5.75 Å². The van der Waals surface area contributed by atoms with E-state index in [0.29, 0.717) is 12.1 Å². The molecule has 0 spiro atoms. The van der Waals surface area contributed by atoms with E-state index in [0.717, 1.165) is 11.4 Å². The largest absolute Gasteiger partial charge is 0.487 e. The second-order valence-corrected chi connectivity index (χ2v) is 4.52. The Balaban J connectivity index is 2.05. The molecular weight excluding hydrogens is 246 g/mol. The summed E-state index contributed by atoms with van der Waals surface area (Å²) in [7, 11) is 1.31. The lowest BCUT2D eigenvalue weighted by atomic mass is 10.0. The number of Topliss-reactive ketones (excluding diaryl/α,β-unsaturated/α-hetero) is 1. The van der Waals surface area contributed by atoms with Crippen molar-refractivity contribution in [2.24, 2.45) is 0 Å². The van der Waals surface area contributed by atoms with Crippen LogP contribution in [0.15, 0.2) is 18.2 Å². The molecule has 0 saturated heterocycles. The zero-order valence-corrected chi connectivity index (χ0v) is 11.1. The molecule has 19 heavy (non-hydrogen) atoms. The SMILES string of the molecule is COC(=O)CCC(=O)c1ccc2c(c1)NCC(C)O2. The number of ketones is 1. The Morgan fingerprint density at radius 3 is 2.95 bits per heavy atom. The number of fused-ring (bicyclic) bond motifs is 1. The summed E-state index contributed by atoms with van der Waals surface area (Å²) >= 11 is 0. The van der Waals surface area contributed by atoms with Crippen LogP contribution in [0.1, 0.15) is 30.1 Å². The van der Waals surface area contributed by atoms with Crippen molar-refractivity contribution in [2.75, 3.05) is 19.0 Å². The van der Waals surface area contributed by atoms with Gasteiger partial charge in [-0.3, -0.25) is 9.59 Å².